The van der Waals surface area contributed by atoms with E-state index in [1.807, 2.05) is 32.0 Å². The van der Waals surface area contributed by atoms with Gasteiger partial charge in [-0.05, 0) is 25.5 Å². The number of rotatable bonds is 2. The van der Waals surface area contributed by atoms with Crippen molar-refractivity contribution in [3.05, 3.63) is 29.3 Å². The van der Waals surface area contributed by atoms with E-state index in [-0.39, 0.29) is 0 Å². The summed E-state index contributed by atoms with van der Waals surface area (Å²) in [5.41, 5.74) is 2.11. The summed E-state index contributed by atoms with van der Waals surface area (Å²) in [6.07, 6.45) is 0. The lowest BCUT2D eigenvalue weighted by atomic mass is 10.2. The quantitative estimate of drug-likeness (QED) is 0.778. The second kappa shape index (κ2) is 3.50. The van der Waals surface area contributed by atoms with Crippen molar-refractivity contribution in [2.24, 2.45) is 0 Å². The zero-order valence-electron chi connectivity index (χ0n) is 8.26. The molecule has 13 heavy (non-hydrogen) atoms. The molecule has 0 aliphatic rings. The standard InChI is InChI=1S/C10H15NOS/c1-4-13(11,12)10-6-5-8(2)7-9(10)3/h5-7,11H,4H2,1-3H3. The third-order valence-electron chi connectivity index (χ3n) is 2.09. The van der Waals surface area contributed by atoms with Crippen molar-refractivity contribution in [2.45, 2.75) is 25.7 Å². The maximum atomic E-state index is 11.8. The van der Waals surface area contributed by atoms with Crippen LogP contribution in [-0.4, -0.2) is 9.96 Å². The van der Waals surface area contributed by atoms with Gasteiger partial charge in [-0.2, -0.15) is 0 Å². The van der Waals surface area contributed by atoms with Gasteiger partial charge in [-0.25, -0.2) is 8.99 Å². The fourth-order valence-corrected chi connectivity index (χ4v) is 2.50. The number of hydrogen-bond donors (Lipinski definition) is 1. The van der Waals surface area contributed by atoms with Crippen LogP contribution >= 0.6 is 0 Å². The zero-order valence-corrected chi connectivity index (χ0v) is 9.07. The molecule has 0 spiro atoms. The predicted molar refractivity (Wildman–Crippen MR) is 55.6 cm³/mol. The molecule has 2 nitrogen and oxygen atoms in total. The van der Waals surface area contributed by atoms with Crippen LogP contribution in [0.2, 0.25) is 0 Å². The third-order valence-corrected chi connectivity index (χ3v) is 4.07. The Kier molecular flexibility index (Phi) is 2.76. The van der Waals surface area contributed by atoms with Crippen molar-refractivity contribution < 1.29 is 4.21 Å². The first kappa shape index (κ1) is 10.3. The summed E-state index contributed by atoms with van der Waals surface area (Å²) < 4.78 is 19.4. The van der Waals surface area contributed by atoms with Crippen LogP contribution in [0.1, 0.15) is 18.1 Å². The van der Waals surface area contributed by atoms with Gasteiger partial charge in [0.1, 0.15) is 0 Å². The van der Waals surface area contributed by atoms with Gasteiger partial charge >= 0.3 is 0 Å². The highest BCUT2D eigenvalue weighted by atomic mass is 32.2. The maximum absolute atomic E-state index is 11.8. The molecule has 0 bridgehead atoms. The van der Waals surface area contributed by atoms with Crippen molar-refractivity contribution in [3.8, 4) is 0 Å². The van der Waals surface area contributed by atoms with Crippen LogP contribution in [-0.2, 0) is 9.73 Å². The van der Waals surface area contributed by atoms with E-state index in [1.165, 1.54) is 0 Å². The molecule has 0 aliphatic heterocycles. The molecule has 0 aromatic heterocycles. The summed E-state index contributed by atoms with van der Waals surface area (Å²) in [4.78, 5) is 0.681. The summed E-state index contributed by atoms with van der Waals surface area (Å²) in [6.45, 7) is 5.69. The Labute approximate surface area is 80.0 Å². The monoisotopic (exact) mass is 197 g/mol. The van der Waals surface area contributed by atoms with Crippen molar-refractivity contribution >= 4 is 9.73 Å². The average molecular weight is 197 g/mol. The van der Waals surface area contributed by atoms with Crippen LogP contribution in [0.15, 0.2) is 23.1 Å². The normalized spacial score (nSPS) is 15.3. The predicted octanol–water partition coefficient (Wildman–Crippen LogP) is 2.73. The Morgan fingerprint density at radius 3 is 2.46 bits per heavy atom. The molecule has 1 aromatic rings. The molecule has 0 saturated carbocycles. The number of benzene rings is 1. The molecule has 0 aliphatic carbocycles. The van der Waals surface area contributed by atoms with E-state index in [0.29, 0.717) is 10.6 Å². The highest BCUT2D eigenvalue weighted by Gasteiger charge is 2.09. The van der Waals surface area contributed by atoms with Crippen LogP contribution < -0.4 is 0 Å². The summed E-state index contributed by atoms with van der Waals surface area (Å²) >= 11 is 0. The Balaban J connectivity index is 3.33. The van der Waals surface area contributed by atoms with Crippen LogP contribution in [0.4, 0.5) is 0 Å². The van der Waals surface area contributed by atoms with Gasteiger partial charge in [0.05, 0.1) is 14.6 Å². The molecule has 1 N–H and O–H groups in total. The van der Waals surface area contributed by atoms with Crippen LogP contribution in [0.5, 0.6) is 0 Å². The molecule has 1 rings (SSSR count). The molecule has 3 heteroatoms. The first-order valence-corrected chi connectivity index (χ1v) is 6.04. The van der Waals surface area contributed by atoms with Gasteiger partial charge in [-0.1, -0.05) is 24.6 Å². The van der Waals surface area contributed by atoms with Gasteiger partial charge in [0.2, 0.25) is 0 Å². The third kappa shape index (κ3) is 2.10. The highest BCUT2D eigenvalue weighted by molar-refractivity contribution is 7.92. The summed E-state index contributed by atoms with van der Waals surface area (Å²) in [6, 6.07) is 5.69. The average Bonchev–Trinajstić information content (AvgIpc) is 2.03. The summed E-state index contributed by atoms with van der Waals surface area (Å²) in [7, 11) is -2.55. The Morgan fingerprint density at radius 2 is 2.00 bits per heavy atom. The molecule has 1 atom stereocenters. The van der Waals surface area contributed by atoms with Crippen molar-refractivity contribution in [1.82, 2.24) is 0 Å². The van der Waals surface area contributed by atoms with E-state index >= 15 is 0 Å². The largest absolute Gasteiger partial charge is 0.249 e. The van der Waals surface area contributed by atoms with Crippen LogP contribution in [0, 0.1) is 18.6 Å². The molecule has 0 amide bonds. The highest BCUT2D eigenvalue weighted by Crippen LogP contribution is 2.18. The number of hydrogen-bond acceptors (Lipinski definition) is 2. The molecular weight excluding hydrogens is 182 g/mol. The van der Waals surface area contributed by atoms with E-state index in [1.54, 1.807) is 6.92 Å². The molecule has 1 aromatic carbocycles. The fourth-order valence-electron chi connectivity index (χ4n) is 1.32. The van der Waals surface area contributed by atoms with E-state index in [4.69, 9.17) is 4.78 Å². The second-order valence-corrected chi connectivity index (χ2v) is 5.60. The Bertz CT molecular complexity index is 407. The lowest BCUT2D eigenvalue weighted by molar-refractivity contribution is 0.675. The summed E-state index contributed by atoms with van der Waals surface area (Å²) in [5.74, 6) is 0.386. The summed E-state index contributed by atoms with van der Waals surface area (Å²) in [5, 5.41) is 0. The van der Waals surface area contributed by atoms with Gasteiger partial charge in [0, 0.05) is 5.75 Å². The van der Waals surface area contributed by atoms with E-state index in [2.05, 4.69) is 0 Å². The van der Waals surface area contributed by atoms with Gasteiger partial charge in [-0.15, -0.1) is 0 Å². The fraction of sp³-hybridized carbons (Fsp3) is 0.400. The van der Waals surface area contributed by atoms with E-state index < -0.39 is 9.73 Å². The second-order valence-electron chi connectivity index (χ2n) is 3.23. The Morgan fingerprint density at radius 1 is 1.38 bits per heavy atom. The van der Waals surface area contributed by atoms with Crippen molar-refractivity contribution in [1.29, 1.82) is 4.78 Å². The van der Waals surface area contributed by atoms with Gasteiger partial charge < -0.3 is 0 Å². The minimum absolute atomic E-state index is 0.386. The number of nitrogens with one attached hydrogen (secondary N) is 1. The van der Waals surface area contributed by atoms with Gasteiger partial charge in [-0.3, -0.25) is 0 Å². The molecule has 72 valence electrons. The van der Waals surface area contributed by atoms with Gasteiger partial charge in [0.15, 0.2) is 0 Å². The van der Waals surface area contributed by atoms with E-state index in [0.717, 1.165) is 11.1 Å². The molecular formula is C10H15NOS. The molecule has 0 radical (unpaired) electrons. The lowest BCUT2D eigenvalue weighted by Crippen LogP contribution is -2.03. The van der Waals surface area contributed by atoms with Crippen LogP contribution in [0.25, 0.3) is 0 Å². The Hall–Kier alpha value is -0.830. The SMILES string of the molecule is CCS(=N)(=O)c1ccc(C)cc1C. The molecule has 1 unspecified atom stereocenters. The van der Waals surface area contributed by atoms with Crippen LogP contribution in [0.3, 0.4) is 0 Å². The minimum atomic E-state index is -2.55. The lowest BCUT2D eigenvalue weighted by Gasteiger charge is -2.08. The van der Waals surface area contributed by atoms with Crippen molar-refractivity contribution in [2.75, 3.05) is 5.75 Å². The number of aryl methyl sites for hydroxylation is 2. The molecule has 0 fully saturated rings. The topological polar surface area (TPSA) is 40.9 Å². The van der Waals surface area contributed by atoms with Crippen molar-refractivity contribution in [3.63, 3.8) is 0 Å². The molecule has 0 heterocycles. The zero-order chi connectivity index (χ0) is 10.1. The first-order chi connectivity index (χ1) is 5.97. The first-order valence-electron chi connectivity index (χ1n) is 4.31. The van der Waals surface area contributed by atoms with Gasteiger partial charge in [0.25, 0.3) is 0 Å². The van der Waals surface area contributed by atoms with E-state index in [9.17, 15) is 4.21 Å². The maximum Gasteiger partial charge on any atom is 0.0725 e. The smallest absolute Gasteiger partial charge is 0.0725 e. The molecule has 0 saturated heterocycles. The minimum Gasteiger partial charge on any atom is -0.249 e.